The SMILES string of the molecule is CCNC(=NCCc1nc(C(F)(F)F)cs1)NCCOc1ccc(OC)cc1.I. The Bertz CT molecular complexity index is 754. The number of nitrogens with one attached hydrogen (secondary N) is 2. The van der Waals surface area contributed by atoms with Crippen LogP contribution in [0.25, 0.3) is 0 Å². The van der Waals surface area contributed by atoms with E-state index in [0.717, 1.165) is 28.2 Å². The van der Waals surface area contributed by atoms with E-state index in [1.54, 1.807) is 7.11 Å². The Morgan fingerprint density at radius 1 is 1.17 bits per heavy atom. The van der Waals surface area contributed by atoms with E-state index in [-0.39, 0.29) is 24.0 Å². The highest BCUT2D eigenvalue weighted by atomic mass is 127. The maximum atomic E-state index is 12.6. The van der Waals surface area contributed by atoms with Gasteiger partial charge in [0, 0.05) is 24.9 Å². The van der Waals surface area contributed by atoms with E-state index in [2.05, 4.69) is 20.6 Å². The number of guanidine groups is 1. The molecule has 0 fully saturated rings. The topological polar surface area (TPSA) is 67.8 Å². The molecule has 2 aromatic rings. The summed E-state index contributed by atoms with van der Waals surface area (Å²) in [6.07, 6.45) is -4.06. The summed E-state index contributed by atoms with van der Waals surface area (Å²) in [5.74, 6) is 2.07. The first-order chi connectivity index (χ1) is 13.4. The van der Waals surface area contributed by atoms with E-state index < -0.39 is 11.9 Å². The summed E-state index contributed by atoms with van der Waals surface area (Å²) in [4.78, 5) is 7.96. The van der Waals surface area contributed by atoms with Gasteiger partial charge in [-0.2, -0.15) is 13.2 Å². The molecule has 29 heavy (non-hydrogen) atoms. The van der Waals surface area contributed by atoms with Crippen LogP contribution in [0.1, 0.15) is 17.6 Å². The predicted molar refractivity (Wildman–Crippen MR) is 119 cm³/mol. The zero-order valence-corrected chi connectivity index (χ0v) is 19.2. The average molecular weight is 544 g/mol. The van der Waals surface area contributed by atoms with Crippen molar-refractivity contribution in [1.29, 1.82) is 0 Å². The number of aliphatic imine (C=N–C) groups is 1. The Hall–Kier alpha value is -1.76. The number of halogens is 4. The van der Waals surface area contributed by atoms with E-state index in [1.165, 1.54) is 0 Å². The van der Waals surface area contributed by atoms with E-state index in [1.807, 2.05) is 31.2 Å². The van der Waals surface area contributed by atoms with Crippen LogP contribution in [0.3, 0.4) is 0 Å². The maximum Gasteiger partial charge on any atom is 0.434 e. The van der Waals surface area contributed by atoms with Gasteiger partial charge < -0.3 is 20.1 Å². The van der Waals surface area contributed by atoms with Crippen molar-refractivity contribution < 1.29 is 22.6 Å². The van der Waals surface area contributed by atoms with Crippen LogP contribution in [0.15, 0.2) is 34.6 Å². The number of hydrogen-bond acceptors (Lipinski definition) is 5. The highest BCUT2D eigenvalue weighted by Crippen LogP contribution is 2.30. The number of methoxy groups -OCH3 is 1. The largest absolute Gasteiger partial charge is 0.497 e. The number of thiazole rings is 1. The quantitative estimate of drug-likeness (QED) is 0.217. The predicted octanol–water partition coefficient (Wildman–Crippen LogP) is 3.97. The Labute approximate surface area is 188 Å². The van der Waals surface area contributed by atoms with Crippen LogP contribution < -0.4 is 20.1 Å². The summed E-state index contributed by atoms with van der Waals surface area (Å²) in [7, 11) is 1.60. The second-order valence-electron chi connectivity index (χ2n) is 5.59. The summed E-state index contributed by atoms with van der Waals surface area (Å²) in [6, 6.07) is 7.27. The molecule has 0 saturated heterocycles. The fourth-order valence-electron chi connectivity index (χ4n) is 2.17. The van der Waals surface area contributed by atoms with Crippen molar-refractivity contribution in [2.24, 2.45) is 4.99 Å². The number of rotatable bonds is 9. The van der Waals surface area contributed by atoms with Crippen LogP contribution in [-0.4, -0.2) is 44.3 Å². The molecule has 0 unspecified atom stereocenters. The lowest BCUT2D eigenvalue weighted by Crippen LogP contribution is -2.39. The molecule has 0 saturated carbocycles. The van der Waals surface area contributed by atoms with Gasteiger partial charge in [0.15, 0.2) is 11.7 Å². The highest BCUT2D eigenvalue weighted by molar-refractivity contribution is 14.0. The lowest BCUT2D eigenvalue weighted by molar-refractivity contribution is -0.140. The molecule has 0 radical (unpaired) electrons. The smallest absolute Gasteiger partial charge is 0.434 e. The summed E-state index contributed by atoms with van der Waals surface area (Å²) in [6.45, 7) is 3.88. The molecule has 0 bridgehead atoms. The molecule has 0 aliphatic heterocycles. The van der Waals surface area contributed by atoms with Crippen molar-refractivity contribution in [2.45, 2.75) is 19.5 Å². The third-order valence-corrected chi connectivity index (χ3v) is 4.41. The summed E-state index contributed by atoms with van der Waals surface area (Å²) < 4.78 is 48.4. The van der Waals surface area contributed by atoms with Crippen LogP contribution in [0.2, 0.25) is 0 Å². The van der Waals surface area contributed by atoms with Crippen molar-refractivity contribution in [3.8, 4) is 11.5 Å². The summed E-state index contributed by atoms with van der Waals surface area (Å²) in [5, 5.41) is 7.64. The molecule has 1 heterocycles. The minimum atomic E-state index is -4.40. The van der Waals surface area contributed by atoms with Gasteiger partial charge in [0.05, 0.1) is 18.7 Å². The second kappa shape index (κ2) is 12.7. The number of alkyl halides is 3. The van der Waals surface area contributed by atoms with Crippen LogP contribution in [0.4, 0.5) is 13.2 Å². The fourth-order valence-corrected chi connectivity index (χ4v) is 2.97. The number of hydrogen-bond donors (Lipinski definition) is 2. The molecular formula is C18H24F3IN4O2S. The van der Waals surface area contributed by atoms with Gasteiger partial charge in [0.2, 0.25) is 0 Å². The van der Waals surface area contributed by atoms with Crippen molar-refractivity contribution in [2.75, 3.05) is 33.4 Å². The number of ether oxygens (including phenoxy) is 2. The zero-order valence-electron chi connectivity index (χ0n) is 16.1. The lowest BCUT2D eigenvalue weighted by atomic mass is 10.3. The van der Waals surface area contributed by atoms with Gasteiger partial charge in [-0.3, -0.25) is 4.99 Å². The third kappa shape index (κ3) is 9.07. The average Bonchev–Trinajstić information content (AvgIpc) is 3.15. The molecule has 0 spiro atoms. The summed E-state index contributed by atoms with van der Waals surface area (Å²) in [5.41, 5.74) is -0.850. The van der Waals surface area contributed by atoms with Crippen molar-refractivity contribution in [3.05, 3.63) is 40.3 Å². The van der Waals surface area contributed by atoms with Gasteiger partial charge in [-0.1, -0.05) is 0 Å². The normalized spacial score (nSPS) is 11.6. The first-order valence-electron chi connectivity index (χ1n) is 8.73. The second-order valence-corrected chi connectivity index (χ2v) is 6.53. The molecule has 162 valence electrons. The zero-order chi connectivity index (χ0) is 20.4. The molecule has 2 rings (SSSR count). The number of nitrogens with zero attached hydrogens (tertiary/aromatic N) is 2. The third-order valence-electron chi connectivity index (χ3n) is 3.50. The molecule has 0 atom stereocenters. The minimum absolute atomic E-state index is 0. The lowest BCUT2D eigenvalue weighted by Gasteiger charge is -2.12. The van der Waals surface area contributed by atoms with Gasteiger partial charge in [0.25, 0.3) is 0 Å². The molecule has 2 N–H and O–H groups in total. The summed E-state index contributed by atoms with van der Waals surface area (Å²) >= 11 is 0.993. The standard InChI is InChI=1S/C18H23F3N4O2S.HI/c1-3-22-17(23-9-8-16-25-15(12-28-16)18(19,20)21)24-10-11-27-14-6-4-13(26-2)5-7-14;/h4-7,12H,3,8-11H2,1-2H3,(H2,22,23,24);1H. The molecule has 0 amide bonds. The van der Waals surface area contributed by atoms with Gasteiger partial charge >= 0.3 is 6.18 Å². The Kier molecular flexibility index (Phi) is 11.1. The molecular weight excluding hydrogens is 520 g/mol. The molecule has 1 aromatic carbocycles. The van der Waals surface area contributed by atoms with E-state index in [4.69, 9.17) is 9.47 Å². The first-order valence-corrected chi connectivity index (χ1v) is 9.61. The van der Waals surface area contributed by atoms with E-state index >= 15 is 0 Å². The number of benzene rings is 1. The van der Waals surface area contributed by atoms with Gasteiger partial charge in [-0.25, -0.2) is 4.98 Å². The molecule has 0 aliphatic rings. The molecule has 11 heteroatoms. The van der Waals surface area contributed by atoms with Gasteiger partial charge in [-0.05, 0) is 31.2 Å². The first kappa shape index (κ1) is 25.3. The van der Waals surface area contributed by atoms with Crippen molar-refractivity contribution >= 4 is 41.3 Å². The Balaban J connectivity index is 0.00000420. The molecule has 0 aliphatic carbocycles. The molecule has 1 aromatic heterocycles. The maximum absolute atomic E-state index is 12.6. The van der Waals surface area contributed by atoms with Crippen LogP contribution in [-0.2, 0) is 12.6 Å². The monoisotopic (exact) mass is 544 g/mol. The van der Waals surface area contributed by atoms with E-state index in [0.29, 0.717) is 43.6 Å². The molecule has 6 nitrogen and oxygen atoms in total. The Morgan fingerprint density at radius 2 is 1.86 bits per heavy atom. The van der Waals surface area contributed by atoms with Gasteiger partial charge in [0.1, 0.15) is 18.1 Å². The highest BCUT2D eigenvalue weighted by Gasteiger charge is 2.33. The number of aromatic nitrogens is 1. The minimum Gasteiger partial charge on any atom is -0.497 e. The van der Waals surface area contributed by atoms with Gasteiger partial charge in [-0.15, -0.1) is 35.3 Å². The fraction of sp³-hybridized carbons (Fsp3) is 0.444. The van der Waals surface area contributed by atoms with E-state index in [9.17, 15) is 13.2 Å². The van der Waals surface area contributed by atoms with Crippen molar-refractivity contribution in [1.82, 2.24) is 15.6 Å². The van der Waals surface area contributed by atoms with Crippen LogP contribution >= 0.6 is 35.3 Å². The van der Waals surface area contributed by atoms with Crippen molar-refractivity contribution in [3.63, 3.8) is 0 Å². The Morgan fingerprint density at radius 3 is 2.45 bits per heavy atom. The van der Waals surface area contributed by atoms with Crippen LogP contribution in [0, 0.1) is 0 Å². The van der Waals surface area contributed by atoms with Crippen LogP contribution in [0.5, 0.6) is 11.5 Å².